The van der Waals surface area contributed by atoms with Crippen molar-refractivity contribution in [1.82, 2.24) is 10.2 Å². The number of carbonyl (C=O) groups is 1. The Morgan fingerprint density at radius 1 is 1.30 bits per heavy atom. The van der Waals surface area contributed by atoms with Gasteiger partial charge in [0.25, 0.3) is 5.89 Å². The molecule has 0 aliphatic carbocycles. The molecular weight excluding hydrogens is 294 g/mol. The normalized spacial score (nSPS) is 11.0. The molecule has 6 heteroatoms. The third-order valence-corrected chi connectivity index (χ3v) is 2.66. The number of aliphatic hydroxyl groups excluding tert-OH is 1. The Balaban J connectivity index is 0.00000127. The Labute approximate surface area is 134 Å². The number of hydrogen-bond acceptors (Lipinski definition) is 6. The van der Waals surface area contributed by atoms with Crippen molar-refractivity contribution in [3.63, 3.8) is 0 Å². The van der Waals surface area contributed by atoms with Gasteiger partial charge in [0.05, 0.1) is 0 Å². The monoisotopic (exact) mass is 313 g/mol. The van der Waals surface area contributed by atoms with Crippen LogP contribution in [0.1, 0.15) is 23.2 Å². The molecule has 1 aromatic heterocycles. The number of benzene rings is 1. The molecule has 0 saturated heterocycles. The van der Waals surface area contributed by atoms with Gasteiger partial charge < -0.3 is 9.52 Å². The highest BCUT2D eigenvalue weighted by Crippen LogP contribution is 2.18. The van der Waals surface area contributed by atoms with Crippen LogP contribution in [0.2, 0.25) is 0 Å². The first kappa shape index (κ1) is 18.2. The largest absolute Gasteiger partial charge is 0.415 e. The lowest BCUT2D eigenvalue weighted by molar-refractivity contribution is 0.112. The van der Waals surface area contributed by atoms with Crippen LogP contribution >= 0.6 is 0 Å². The quantitative estimate of drug-likeness (QED) is 0.503. The molecule has 0 aliphatic rings. The number of aromatic nitrogens is 2. The third kappa shape index (κ3) is 5.12. The molecule has 0 aliphatic heterocycles. The van der Waals surface area contributed by atoms with Crippen molar-refractivity contribution in [2.45, 2.75) is 6.92 Å². The van der Waals surface area contributed by atoms with E-state index in [2.05, 4.69) is 21.8 Å². The molecule has 0 saturated carbocycles. The summed E-state index contributed by atoms with van der Waals surface area (Å²) < 4.78 is 5.63. The Kier molecular flexibility index (Phi) is 7.88. The van der Waals surface area contributed by atoms with Gasteiger partial charge in [0.2, 0.25) is 5.89 Å². The predicted octanol–water partition coefficient (Wildman–Crippen LogP) is 2.71. The maximum atomic E-state index is 10.6. The number of carbonyl (C=O) groups excluding carboxylic acids is 1. The molecule has 120 valence electrons. The lowest BCUT2D eigenvalue weighted by atomic mass is 10.1. The summed E-state index contributed by atoms with van der Waals surface area (Å²) in [5, 5.41) is 15.0. The first-order valence-electron chi connectivity index (χ1n) is 6.96. The molecule has 2 rings (SSSR count). The van der Waals surface area contributed by atoms with Crippen LogP contribution in [0.5, 0.6) is 0 Å². The molecule has 0 amide bonds. The summed E-state index contributed by atoms with van der Waals surface area (Å²) in [6, 6.07) is 6.92. The van der Waals surface area contributed by atoms with Gasteiger partial charge in [0.15, 0.2) is 0 Å². The molecule has 0 bridgehead atoms. The molecule has 0 fully saturated rings. The molecule has 1 aromatic carbocycles. The highest BCUT2D eigenvalue weighted by molar-refractivity contribution is 6.05. The molecule has 1 N–H and O–H groups in total. The lowest BCUT2D eigenvalue weighted by Crippen LogP contribution is -1.98. The van der Waals surface area contributed by atoms with E-state index in [9.17, 15) is 4.79 Å². The summed E-state index contributed by atoms with van der Waals surface area (Å²) >= 11 is 0. The van der Waals surface area contributed by atoms with Gasteiger partial charge in [-0.1, -0.05) is 30.9 Å². The van der Waals surface area contributed by atoms with Crippen molar-refractivity contribution >= 4 is 12.0 Å². The SMILES string of the molecule is C=C/C=C\C(=NCC)c1nnc(-c2ccc(C=O)cc2)o1.CO. The number of hydrogen-bond donors (Lipinski definition) is 1. The summed E-state index contributed by atoms with van der Waals surface area (Å²) in [6.45, 7) is 6.16. The zero-order valence-corrected chi connectivity index (χ0v) is 13.1. The molecule has 0 spiro atoms. The highest BCUT2D eigenvalue weighted by Gasteiger charge is 2.11. The van der Waals surface area contributed by atoms with Crippen molar-refractivity contribution in [3.8, 4) is 11.5 Å². The van der Waals surface area contributed by atoms with Crippen molar-refractivity contribution in [2.24, 2.45) is 4.99 Å². The minimum absolute atomic E-state index is 0.351. The smallest absolute Gasteiger partial charge is 0.266 e. The molecule has 1 heterocycles. The number of allylic oxidation sites excluding steroid dienone is 3. The van der Waals surface area contributed by atoms with E-state index < -0.39 is 0 Å². The number of rotatable bonds is 6. The summed E-state index contributed by atoms with van der Waals surface area (Å²) in [5.41, 5.74) is 1.96. The van der Waals surface area contributed by atoms with Crippen molar-refractivity contribution in [2.75, 3.05) is 13.7 Å². The minimum Gasteiger partial charge on any atom is -0.415 e. The van der Waals surface area contributed by atoms with E-state index in [1.54, 1.807) is 42.5 Å². The summed E-state index contributed by atoms with van der Waals surface area (Å²) in [5.74, 6) is 0.739. The molecular formula is C17H19N3O3. The molecule has 0 atom stereocenters. The van der Waals surface area contributed by atoms with E-state index in [0.717, 1.165) is 19.0 Å². The van der Waals surface area contributed by atoms with E-state index in [1.807, 2.05) is 6.92 Å². The topological polar surface area (TPSA) is 88.6 Å². The predicted molar refractivity (Wildman–Crippen MR) is 89.7 cm³/mol. The maximum absolute atomic E-state index is 10.6. The molecule has 0 radical (unpaired) electrons. The second-order valence-corrected chi connectivity index (χ2v) is 4.11. The summed E-state index contributed by atoms with van der Waals surface area (Å²) in [4.78, 5) is 14.9. The van der Waals surface area contributed by atoms with Gasteiger partial charge in [0.1, 0.15) is 12.0 Å². The van der Waals surface area contributed by atoms with Gasteiger partial charge in [0, 0.05) is 24.8 Å². The number of aldehydes is 1. The van der Waals surface area contributed by atoms with E-state index in [1.165, 1.54) is 0 Å². The fourth-order valence-electron chi connectivity index (χ4n) is 1.67. The second kappa shape index (κ2) is 9.97. The zero-order chi connectivity index (χ0) is 17.1. The Morgan fingerprint density at radius 3 is 2.57 bits per heavy atom. The van der Waals surface area contributed by atoms with Gasteiger partial charge in [-0.15, -0.1) is 10.2 Å². The van der Waals surface area contributed by atoms with Crippen LogP contribution in [0.15, 0.2) is 58.5 Å². The first-order valence-corrected chi connectivity index (χ1v) is 6.96. The number of nitrogens with zero attached hydrogens (tertiary/aromatic N) is 3. The highest BCUT2D eigenvalue weighted by atomic mass is 16.4. The first-order chi connectivity index (χ1) is 11.3. The minimum atomic E-state index is 0.351. The third-order valence-electron chi connectivity index (χ3n) is 2.66. The Bertz CT molecular complexity index is 685. The average Bonchev–Trinajstić information content (AvgIpc) is 3.10. The van der Waals surface area contributed by atoms with E-state index >= 15 is 0 Å². The average molecular weight is 313 g/mol. The van der Waals surface area contributed by atoms with Crippen LogP contribution in [0.25, 0.3) is 11.5 Å². The van der Waals surface area contributed by atoms with E-state index in [0.29, 0.717) is 29.6 Å². The van der Waals surface area contributed by atoms with Crippen LogP contribution in [0.4, 0.5) is 0 Å². The van der Waals surface area contributed by atoms with Crippen LogP contribution in [-0.2, 0) is 0 Å². The number of aliphatic hydroxyl groups is 1. The number of aliphatic imine (C=N–C) groups is 1. The maximum Gasteiger partial charge on any atom is 0.266 e. The summed E-state index contributed by atoms with van der Waals surface area (Å²) in [7, 11) is 1.00. The van der Waals surface area contributed by atoms with E-state index in [-0.39, 0.29) is 0 Å². The fraction of sp³-hybridized carbons (Fsp3) is 0.176. The molecule has 2 aromatic rings. The fourth-order valence-corrected chi connectivity index (χ4v) is 1.67. The Hall–Kier alpha value is -2.86. The molecule has 6 nitrogen and oxygen atoms in total. The van der Waals surface area contributed by atoms with Gasteiger partial charge in [-0.3, -0.25) is 9.79 Å². The van der Waals surface area contributed by atoms with Gasteiger partial charge in [-0.25, -0.2) is 0 Å². The molecule has 0 unspecified atom stereocenters. The standard InChI is InChI=1S/C16H15N3O2.CH4O/c1-3-5-6-14(17-4-2)16-19-18-15(21-16)13-9-7-12(11-20)8-10-13;1-2/h3,5-11H,1,4H2,2H3;2H,1H3/b6-5-,17-14?;. The van der Waals surface area contributed by atoms with Crippen LogP contribution in [0.3, 0.4) is 0 Å². The van der Waals surface area contributed by atoms with Crippen molar-refractivity contribution in [1.29, 1.82) is 0 Å². The van der Waals surface area contributed by atoms with Crippen LogP contribution in [-0.4, -0.2) is 41.0 Å². The van der Waals surface area contributed by atoms with Gasteiger partial charge in [-0.2, -0.15) is 0 Å². The van der Waals surface area contributed by atoms with Crippen LogP contribution in [0, 0.1) is 0 Å². The van der Waals surface area contributed by atoms with Gasteiger partial charge in [-0.05, 0) is 25.1 Å². The summed E-state index contributed by atoms with van der Waals surface area (Å²) in [6.07, 6.45) is 5.97. The van der Waals surface area contributed by atoms with Gasteiger partial charge >= 0.3 is 0 Å². The van der Waals surface area contributed by atoms with Crippen molar-refractivity contribution in [3.05, 3.63) is 60.5 Å². The zero-order valence-electron chi connectivity index (χ0n) is 13.1. The Morgan fingerprint density at radius 2 is 2.00 bits per heavy atom. The lowest BCUT2D eigenvalue weighted by Gasteiger charge is -1.96. The molecule has 23 heavy (non-hydrogen) atoms. The second-order valence-electron chi connectivity index (χ2n) is 4.11. The van der Waals surface area contributed by atoms with Crippen LogP contribution < -0.4 is 0 Å². The van der Waals surface area contributed by atoms with E-state index in [4.69, 9.17) is 9.52 Å². The van der Waals surface area contributed by atoms with Crippen molar-refractivity contribution < 1.29 is 14.3 Å².